The van der Waals surface area contributed by atoms with Gasteiger partial charge in [-0.2, -0.15) is 0 Å². The van der Waals surface area contributed by atoms with Crippen LogP contribution in [0.3, 0.4) is 0 Å². The van der Waals surface area contributed by atoms with Crippen molar-refractivity contribution < 1.29 is 4.42 Å². The van der Waals surface area contributed by atoms with E-state index in [0.29, 0.717) is 0 Å². The van der Waals surface area contributed by atoms with Gasteiger partial charge in [0.1, 0.15) is 11.2 Å². The maximum Gasteiger partial charge on any atom is 0.136 e. The van der Waals surface area contributed by atoms with E-state index >= 15 is 0 Å². The van der Waals surface area contributed by atoms with Crippen LogP contribution in [0, 0.1) is 0 Å². The van der Waals surface area contributed by atoms with Crippen LogP contribution >= 0.6 is 0 Å². The maximum atomic E-state index is 6.32. The van der Waals surface area contributed by atoms with Crippen molar-refractivity contribution in [2.24, 2.45) is 0 Å². The normalized spacial score (nSPS) is 11.6. The Hall–Kier alpha value is -8.14. The van der Waals surface area contributed by atoms with Crippen LogP contribution in [0.5, 0.6) is 0 Å². The van der Waals surface area contributed by atoms with Crippen molar-refractivity contribution in [3.63, 3.8) is 0 Å². The van der Waals surface area contributed by atoms with Gasteiger partial charge in [-0.1, -0.05) is 170 Å². The van der Waals surface area contributed by atoms with Crippen molar-refractivity contribution in [2.75, 3.05) is 4.90 Å². The lowest BCUT2D eigenvalue weighted by Gasteiger charge is -2.31. The summed E-state index contributed by atoms with van der Waals surface area (Å²) in [6, 6.07) is 83.2. The number of hydrogen-bond acceptors (Lipinski definition) is 2. The quantitative estimate of drug-likeness (QED) is 0.161. The predicted molar refractivity (Wildman–Crippen MR) is 257 cm³/mol. The fraction of sp³-hybridized carbons (Fsp3) is 0. The van der Waals surface area contributed by atoms with E-state index < -0.39 is 0 Å². The molecule has 2 heterocycles. The monoisotopic (exact) mass is 778 g/mol. The van der Waals surface area contributed by atoms with E-state index in [1.807, 2.05) is 12.1 Å². The number of nitrogens with zero attached hydrogens (tertiary/aromatic N) is 2. The highest BCUT2D eigenvalue weighted by Gasteiger charge is 2.24. The summed E-state index contributed by atoms with van der Waals surface area (Å²) >= 11 is 0. The van der Waals surface area contributed by atoms with Crippen LogP contribution in [0.4, 0.5) is 17.1 Å². The van der Waals surface area contributed by atoms with E-state index in [9.17, 15) is 0 Å². The molecule has 0 aliphatic heterocycles. The molecule has 0 amide bonds. The molecule has 0 saturated carbocycles. The van der Waals surface area contributed by atoms with Gasteiger partial charge in [-0.15, -0.1) is 0 Å². The summed E-state index contributed by atoms with van der Waals surface area (Å²) in [6.07, 6.45) is 0. The van der Waals surface area contributed by atoms with Crippen molar-refractivity contribution in [3.05, 3.63) is 231 Å². The summed E-state index contributed by atoms with van der Waals surface area (Å²) < 4.78 is 8.75. The number of rotatable bonds is 7. The van der Waals surface area contributed by atoms with E-state index in [1.54, 1.807) is 0 Å². The Morgan fingerprint density at radius 1 is 0.328 bits per heavy atom. The number of anilines is 3. The van der Waals surface area contributed by atoms with Crippen LogP contribution in [0.2, 0.25) is 0 Å². The van der Waals surface area contributed by atoms with Gasteiger partial charge in [0.25, 0.3) is 0 Å². The summed E-state index contributed by atoms with van der Waals surface area (Å²) in [6.45, 7) is 0. The van der Waals surface area contributed by atoms with Crippen molar-refractivity contribution in [1.82, 2.24) is 4.57 Å². The second-order valence-corrected chi connectivity index (χ2v) is 15.7. The minimum absolute atomic E-state index is 0.891. The van der Waals surface area contributed by atoms with Crippen molar-refractivity contribution in [2.45, 2.75) is 0 Å². The molecule has 10 aromatic carbocycles. The minimum Gasteiger partial charge on any atom is -0.456 e. The molecule has 3 nitrogen and oxygen atoms in total. The van der Waals surface area contributed by atoms with Crippen LogP contribution in [-0.4, -0.2) is 4.57 Å². The van der Waals surface area contributed by atoms with Gasteiger partial charge in [-0.25, -0.2) is 0 Å². The molecule has 0 saturated heterocycles. The summed E-state index contributed by atoms with van der Waals surface area (Å²) in [7, 11) is 0. The van der Waals surface area contributed by atoms with Gasteiger partial charge in [0, 0.05) is 32.8 Å². The second kappa shape index (κ2) is 14.3. The van der Waals surface area contributed by atoms with Crippen LogP contribution < -0.4 is 4.90 Å². The van der Waals surface area contributed by atoms with E-state index in [1.165, 1.54) is 38.1 Å². The zero-order valence-electron chi connectivity index (χ0n) is 33.2. The van der Waals surface area contributed by atoms with Crippen LogP contribution in [0.1, 0.15) is 0 Å². The maximum absolute atomic E-state index is 6.32. The first-order valence-corrected chi connectivity index (χ1v) is 20.8. The van der Waals surface area contributed by atoms with Crippen LogP contribution in [-0.2, 0) is 0 Å². The number of fused-ring (bicyclic) bond motifs is 7. The molecule has 0 spiro atoms. The lowest BCUT2D eigenvalue weighted by atomic mass is 9.94. The molecule has 61 heavy (non-hydrogen) atoms. The molecule has 286 valence electrons. The topological polar surface area (TPSA) is 21.3 Å². The molecule has 0 atom stereocenters. The van der Waals surface area contributed by atoms with Crippen molar-refractivity contribution in [1.29, 1.82) is 0 Å². The summed E-state index contributed by atoms with van der Waals surface area (Å²) in [5.41, 5.74) is 15.3. The fourth-order valence-corrected chi connectivity index (χ4v) is 9.36. The van der Waals surface area contributed by atoms with Gasteiger partial charge in [0.2, 0.25) is 0 Å². The lowest BCUT2D eigenvalue weighted by molar-refractivity contribution is 0.669. The smallest absolute Gasteiger partial charge is 0.136 e. The third-order valence-corrected chi connectivity index (χ3v) is 12.2. The number of hydrogen-bond donors (Lipinski definition) is 0. The SMILES string of the molecule is c1ccc(-c2ccc(-c3cccc4ccccc34)cc2N(c2ccc(-c3ccc4c(c3)oc3ccccc34)cc2)c2ccccc2-n2c3ccccc3c3ccccc32)cc1. The molecule has 0 radical (unpaired) electrons. The number of aromatic nitrogens is 1. The standard InChI is InChI=1S/C58H38N2O/c1-2-15-41(16-3-1)47-35-32-43(46-23-14-18-40-17-4-5-19-45(40)46)37-56(47)59(44-33-29-39(30-34-44)42-31-36-51-50-22-8-13-28-57(50)61-58(51)38-42)54-26-11-12-27-55(54)60-52-24-9-6-20-48(52)49-21-7-10-25-53(49)60/h1-38H. The summed E-state index contributed by atoms with van der Waals surface area (Å²) in [4.78, 5) is 2.46. The lowest BCUT2D eigenvalue weighted by Crippen LogP contribution is -2.14. The van der Waals surface area contributed by atoms with E-state index in [-0.39, 0.29) is 0 Å². The molecule has 0 bridgehead atoms. The molecule has 12 rings (SSSR count). The molecule has 0 unspecified atom stereocenters. The first kappa shape index (κ1) is 34.9. The number of para-hydroxylation sites is 5. The molecular weight excluding hydrogens is 741 g/mol. The highest BCUT2D eigenvalue weighted by molar-refractivity contribution is 6.10. The van der Waals surface area contributed by atoms with E-state index in [2.05, 4.69) is 228 Å². The Morgan fingerprint density at radius 2 is 0.934 bits per heavy atom. The Balaban J connectivity index is 1.11. The number of benzene rings is 10. The van der Waals surface area contributed by atoms with Gasteiger partial charge < -0.3 is 13.9 Å². The zero-order valence-corrected chi connectivity index (χ0v) is 33.2. The van der Waals surface area contributed by atoms with Crippen LogP contribution in [0.25, 0.3) is 93.6 Å². The third-order valence-electron chi connectivity index (χ3n) is 12.2. The predicted octanol–water partition coefficient (Wildman–Crippen LogP) is 16.3. The highest BCUT2D eigenvalue weighted by atomic mass is 16.3. The summed E-state index contributed by atoms with van der Waals surface area (Å²) in [5, 5.41) is 7.17. The summed E-state index contributed by atoms with van der Waals surface area (Å²) in [5.74, 6) is 0. The second-order valence-electron chi connectivity index (χ2n) is 15.7. The molecule has 12 aromatic rings. The average molecular weight is 779 g/mol. The molecule has 0 aliphatic rings. The molecular formula is C58H38N2O. The Labute approximate surface area is 353 Å². The first-order valence-electron chi connectivity index (χ1n) is 20.8. The first-order chi connectivity index (χ1) is 30.3. The van der Waals surface area contributed by atoms with Gasteiger partial charge in [-0.3, -0.25) is 0 Å². The third kappa shape index (κ3) is 5.82. The van der Waals surface area contributed by atoms with Gasteiger partial charge in [0.05, 0.1) is 28.1 Å². The molecule has 0 N–H and O–H groups in total. The molecule has 0 aliphatic carbocycles. The zero-order chi connectivity index (χ0) is 40.3. The van der Waals surface area contributed by atoms with Crippen molar-refractivity contribution >= 4 is 71.6 Å². The van der Waals surface area contributed by atoms with Gasteiger partial charge >= 0.3 is 0 Å². The largest absolute Gasteiger partial charge is 0.456 e. The van der Waals surface area contributed by atoms with Crippen molar-refractivity contribution in [3.8, 4) is 39.1 Å². The molecule has 0 fully saturated rings. The van der Waals surface area contributed by atoms with Gasteiger partial charge in [-0.05, 0) is 99.3 Å². The van der Waals surface area contributed by atoms with E-state index in [4.69, 9.17) is 4.42 Å². The Morgan fingerprint density at radius 3 is 1.74 bits per heavy atom. The molecule has 2 aromatic heterocycles. The van der Waals surface area contributed by atoms with E-state index in [0.717, 1.165) is 72.5 Å². The Kier molecular flexibility index (Phi) is 8.17. The minimum atomic E-state index is 0.891. The number of furan rings is 1. The van der Waals surface area contributed by atoms with Gasteiger partial charge in [0.15, 0.2) is 0 Å². The molecule has 3 heteroatoms. The Bertz CT molecular complexity index is 3540. The van der Waals surface area contributed by atoms with Crippen LogP contribution in [0.15, 0.2) is 235 Å². The highest BCUT2D eigenvalue weighted by Crippen LogP contribution is 2.47. The fourth-order valence-electron chi connectivity index (χ4n) is 9.36. The average Bonchev–Trinajstić information content (AvgIpc) is 3.87.